The van der Waals surface area contributed by atoms with Crippen LogP contribution in [-0.4, -0.2) is 32.6 Å². The fraction of sp³-hybridized carbons (Fsp3) is 0.600. The molecule has 2 bridgehead atoms. The molecule has 20 heavy (non-hydrogen) atoms. The van der Waals surface area contributed by atoms with Crippen molar-refractivity contribution in [2.75, 3.05) is 5.88 Å². The molecule has 0 N–H and O–H groups in total. The van der Waals surface area contributed by atoms with Crippen LogP contribution in [0.2, 0.25) is 0 Å². The van der Waals surface area contributed by atoms with Crippen LogP contribution >= 0.6 is 11.6 Å². The van der Waals surface area contributed by atoms with Crippen LogP contribution in [0.25, 0.3) is 11.2 Å². The summed E-state index contributed by atoms with van der Waals surface area (Å²) in [4.78, 5) is 9.37. The van der Waals surface area contributed by atoms with E-state index in [0.29, 0.717) is 24.1 Å². The van der Waals surface area contributed by atoms with Gasteiger partial charge in [0.25, 0.3) is 0 Å². The van der Waals surface area contributed by atoms with Gasteiger partial charge in [0.05, 0.1) is 18.2 Å². The summed E-state index contributed by atoms with van der Waals surface area (Å²) < 4.78 is 8.30. The molecule has 2 aliphatic heterocycles. The molecule has 0 spiro atoms. The van der Waals surface area contributed by atoms with Crippen LogP contribution in [0.1, 0.15) is 36.7 Å². The van der Waals surface area contributed by atoms with Gasteiger partial charge in [0.2, 0.25) is 0 Å². The highest BCUT2D eigenvalue weighted by Crippen LogP contribution is 2.43. The number of fused-ring (bicyclic) bond motifs is 3. The Kier molecular flexibility index (Phi) is 2.97. The van der Waals surface area contributed by atoms with Crippen LogP contribution in [0.4, 0.5) is 0 Å². The summed E-state index contributed by atoms with van der Waals surface area (Å²) in [5.41, 5.74) is 3.11. The van der Waals surface area contributed by atoms with E-state index in [1.54, 1.807) is 0 Å². The van der Waals surface area contributed by atoms with Crippen molar-refractivity contribution >= 4 is 22.8 Å². The highest BCUT2D eigenvalue weighted by atomic mass is 35.5. The smallest absolute Gasteiger partial charge is 0.160 e. The average molecular weight is 292 g/mol. The Bertz CT molecular complexity index is 654. The molecule has 0 saturated carbocycles. The lowest BCUT2D eigenvalue weighted by atomic mass is 9.95. The molecule has 2 aromatic heterocycles. The monoisotopic (exact) mass is 291 g/mol. The molecular formula is C15H18ClN3O. The Morgan fingerprint density at radius 3 is 3.05 bits per heavy atom. The van der Waals surface area contributed by atoms with E-state index < -0.39 is 0 Å². The number of aromatic nitrogens is 3. The number of hydrogen-bond donors (Lipinski definition) is 0. The Morgan fingerprint density at radius 1 is 1.45 bits per heavy atom. The molecule has 4 rings (SSSR count). The van der Waals surface area contributed by atoms with Gasteiger partial charge in [0, 0.05) is 18.5 Å². The van der Waals surface area contributed by atoms with Gasteiger partial charge in [-0.05, 0) is 37.8 Å². The first-order valence-electron chi connectivity index (χ1n) is 7.31. The summed E-state index contributed by atoms with van der Waals surface area (Å²) in [6.07, 6.45) is 6.89. The number of hydrogen-bond acceptors (Lipinski definition) is 3. The van der Waals surface area contributed by atoms with Gasteiger partial charge in [-0.15, -0.1) is 11.6 Å². The second kappa shape index (κ2) is 4.71. The maximum absolute atomic E-state index is 6.01. The van der Waals surface area contributed by atoms with Crippen molar-refractivity contribution in [2.45, 2.75) is 50.9 Å². The summed E-state index contributed by atoms with van der Waals surface area (Å²) in [5, 5.41) is 0. The van der Waals surface area contributed by atoms with Crippen LogP contribution in [0, 0.1) is 6.92 Å². The molecule has 106 valence electrons. The van der Waals surface area contributed by atoms with E-state index in [0.717, 1.165) is 41.8 Å². The van der Waals surface area contributed by atoms with Gasteiger partial charge >= 0.3 is 0 Å². The van der Waals surface area contributed by atoms with Crippen LogP contribution in [0.15, 0.2) is 12.3 Å². The van der Waals surface area contributed by atoms with E-state index >= 15 is 0 Å². The predicted octanol–water partition coefficient (Wildman–Crippen LogP) is 3.01. The Hall–Kier alpha value is -1.13. The number of ether oxygens (including phenoxy) is 1. The van der Waals surface area contributed by atoms with Crippen molar-refractivity contribution in [3.8, 4) is 0 Å². The topological polar surface area (TPSA) is 39.9 Å². The number of alkyl halides is 1. The van der Waals surface area contributed by atoms with E-state index in [1.807, 2.05) is 13.1 Å². The van der Waals surface area contributed by atoms with Crippen molar-refractivity contribution in [3.05, 3.63) is 23.7 Å². The molecule has 0 aliphatic carbocycles. The van der Waals surface area contributed by atoms with Crippen LogP contribution in [0.3, 0.4) is 0 Å². The molecule has 4 heterocycles. The van der Waals surface area contributed by atoms with E-state index in [-0.39, 0.29) is 0 Å². The van der Waals surface area contributed by atoms with Crippen LogP contribution in [-0.2, 0) is 11.2 Å². The molecule has 2 fully saturated rings. The number of rotatable bonds is 3. The molecule has 2 aliphatic rings. The number of nitrogens with zero attached hydrogens (tertiary/aromatic N) is 3. The summed E-state index contributed by atoms with van der Waals surface area (Å²) >= 11 is 5.95. The largest absolute Gasteiger partial charge is 0.373 e. The van der Waals surface area contributed by atoms with Gasteiger partial charge in [-0.1, -0.05) is 0 Å². The molecule has 0 amide bonds. The second-order valence-electron chi connectivity index (χ2n) is 5.87. The molecular weight excluding hydrogens is 274 g/mol. The van der Waals surface area contributed by atoms with Crippen molar-refractivity contribution in [3.63, 3.8) is 0 Å². The Labute approximate surface area is 123 Å². The fourth-order valence-electron chi connectivity index (χ4n) is 3.62. The van der Waals surface area contributed by atoms with Gasteiger partial charge in [-0.3, -0.25) is 0 Å². The van der Waals surface area contributed by atoms with Crippen molar-refractivity contribution in [1.82, 2.24) is 14.5 Å². The average Bonchev–Trinajstić information content (AvgIpc) is 3.11. The van der Waals surface area contributed by atoms with Gasteiger partial charge in [-0.2, -0.15) is 0 Å². The second-order valence-corrected chi connectivity index (χ2v) is 6.25. The molecule has 0 radical (unpaired) electrons. The van der Waals surface area contributed by atoms with Crippen LogP contribution < -0.4 is 0 Å². The summed E-state index contributed by atoms with van der Waals surface area (Å²) in [5.74, 6) is 1.64. The zero-order valence-electron chi connectivity index (χ0n) is 11.6. The first kappa shape index (κ1) is 12.6. The molecule has 5 heteroatoms. The molecule has 3 unspecified atom stereocenters. The van der Waals surface area contributed by atoms with Gasteiger partial charge in [0.1, 0.15) is 11.3 Å². The maximum atomic E-state index is 6.01. The minimum absolute atomic E-state index is 0.328. The lowest BCUT2D eigenvalue weighted by molar-refractivity contribution is 0.0939. The SMILES string of the molecule is Cc1cnc2c(c1)nc(CCCl)n2C1CC2CCC1O2. The zero-order valence-corrected chi connectivity index (χ0v) is 12.3. The third kappa shape index (κ3) is 1.85. The van der Waals surface area contributed by atoms with Gasteiger partial charge in [-0.25, -0.2) is 9.97 Å². The van der Waals surface area contributed by atoms with E-state index in [2.05, 4.69) is 15.6 Å². The van der Waals surface area contributed by atoms with Crippen LogP contribution in [0.5, 0.6) is 0 Å². The molecule has 4 nitrogen and oxygen atoms in total. The minimum Gasteiger partial charge on any atom is -0.373 e. The predicted molar refractivity (Wildman–Crippen MR) is 78.2 cm³/mol. The normalized spacial score (nSPS) is 28.6. The van der Waals surface area contributed by atoms with E-state index in [4.69, 9.17) is 21.3 Å². The third-order valence-corrected chi connectivity index (χ3v) is 4.65. The quantitative estimate of drug-likeness (QED) is 0.816. The molecule has 2 saturated heterocycles. The van der Waals surface area contributed by atoms with E-state index in [9.17, 15) is 0 Å². The lowest BCUT2D eigenvalue weighted by Crippen LogP contribution is -2.23. The van der Waals surface area contributed by atoms with Crippen molar-refractivity contribution in [2.24, 2.45) is 0 Å². The number of aryl methyl sites for hydroxylation is 2. The first-order chi connectivity index (χ1) is 9.76. The van der Waals surface area contributed by atoms with Crippen molar-refractivity contribution in [1.29, 1.82) is 0 Å². The highest BCUT2D eigenvalue weighted by Gasteiger charge is 2.43. The number of imidazole rings is 1. The third-order valence-electron chi connectivity index (χ3n) is 4.46. The van der Waals surface area contributed by atoms with Gasteiger partial charge in [0.15, 0.2) is 5.65 Å². The standard InChI is InChI=1S/C15H18ClN3O/c1-9-6-11-15(17-8-9)19(14(18-11)4-5-16)12-7-10-2-3-13(12)20-10/h6,8,10,12-13H,2-5,7H2,1H3. The first-order valence-corrected chi connectivity index (χ1v) is 7.84. The molecule has 0 aromatic carbocycles. The maximum Gasteiger partial charge on any atom is 0.160 e. The summed E-state index contributed by atoms with van der Waals surface area (Å²) in [7, 11) is 0. The minimum atomic E-state index is 0.328. The fourth-order valence-corrected chi connectivity index (χ4v) is 3.79. The summed E-state index contributed by atoms with van der Waals surface area (Å²) in [6.45, 7) is 2.05. The lowest BCUT2D eigenvalue weighted by Gasteiger charge is -2.22. The zero-order chi connectivity index (χ0) is 13.7. The Morgan fingerprint density at radius 2 is 2.35 bits per heavy atom. The van der Waals surface area contributed by atoms with Crippen molar-refractivity contribution < 1.29 is 4.74 Å². The molecule has 2 aromatic rings. The van der Waals surface area contributed by atoms with E-state index in [1.165, 1.54) is 6.42 Å². The van der Waals surface area contributed by atoms with Gasteiger partial charge < -0.3 is 9.30 Å². The highest BCUT2D eigenvalue weighted by molar-refractivity contribution is 6.17. The number of pyridine rings is 1. The number of halogens is 1. The summed E-state index contributed by atoms with van der Waals surface area (Å²) in [6, 6.07) is 2.48. The Balaban J connectivity index is 1.85. The molecule has 3 atom stereocenters.